The van der Waals surface area contributed by atoms with Crippen molar-refractivity contribution in [1.82, 2.24) is 0 Å². The summed E-state index contributed by atoms with van der Waals surface area (Å²) in [6.45, 7) is 3.62. The molecular formula is C13H16O. The van der Waals surface area contributed by atoms with Crippen LogP contribution in [-0.2, 0) is 4.79 Å². The van der Waals surface area contributed by atoms with Gasteiger partial charge in [0.1, 0.15) is 5.78 Å². The van der Waals surface area contributed by atoms with Gasteiger partial charge < -0.3 is 0 Å². The van der Waals surface area contributed by atoms with Crippen molar-refractivity contribution in [3.05, 3.63) is 48.0 Å². The van der Waals surface area contributed by atoms with Gasteiger partial charge in [0.2, 0.25) is 0 Å². The molecule has 0 radical (unpaired) electrons. The van der Waals surface area contributed by atoms with Crippen molar-refractivity contribution in [2.24, 2.45) is 0 Å². The molecule has 1 aromatic rings. The molecule has 0 aliphatic carbocycles. The van der Waals surface area contributed by atoms with Crippen LogP contribution in [0, 0.1) is 0 Å². The quantitative estimate of drug-likeness (QED) is 0.662. The first-order chi connectivity index (χ1) is 6.74. The van der Waals surface area contributed by atoms with Crippen LogP contribution in [0.5, 0.6) is 0 Å². The number of benzene rings is 1. The molecule has 0 N–H and O–H groups in total. The summed E-state index contributed by atoms with van der Waals surface area (Å²) in [6.07, 6.45) is 4.67. The van der Waals surface area contributed by atoms with Crippen LogP contribution in [0.1, 0.15) is 31.7 Å². The molecule has 0 spiro atoms. The molecule has 1 atom stereocenters. The molecule has 1 rings (SSSR count). The van der Waals surface area contributed by atoms with E-state index in [1.165, 1.54) is 5.56 Å². The molecule has 0 amide bonds. The Morgan fingerprint density at radius 2 is 2.00 bits per heavy atom. The van der Waals surface area contributed by atoms with E-state index in [4.69, 9.17) is 0 Å². The Morgan fingerprint density at radius 1 is 1.36 bits per heavy atom. The van der Waals surface area contributed by atoms with E-state index in [1.807, 2.05) is 31.2 Å². The molecule has 1 nitrogen and oxygen atoms in total. The maximum absolute atomic E-state index is 11.1. The van der Waals surface area contributed by atoms with Gasteiger partial charge in [0, 0.05) is 12.3 Å². The molecule has 0 bridgehead atoms. The summed E-state index contributed by atoms with van der Waals surface area (Å²) >= 11 is 0. The van der Waals surface area contributed by atoms with E-state index >= 15 is 0 Å². The third kappa shape index (κ3) is 3.17. The van der Waals surface area contributed by atoms with Crippen molar-refractivity contribution in [3.8, 4) is 0 Å². The lowest BCUT2D eigenvalue weighted by molar-refractivity contribution is -0.117. The topological polar surface area (TPSA) is 17.1 Å². The van der Waals surface area contributed by atoms with E-state index in [-0.39, 0.29) is 11.7 Å². The number of ketones is 1. The second-order valence-corrected chi connectivity index (χ2v) is 3.45. The summed E-state index contributed by atoms with van der Waals surface area (Å²) < 4.78 is 0. The molecule has 0 aliphatic rings. The Morgan fingerprint density at radius 3 is 2.50 bits per heavy atom. The van der Waals surface area contributed by atoms with Gasteiger partial charge in [0.15, 0.2) is 0 Å². The van der Waals surface area contributed by atoms with Crippen LogP contribution in [-0.4, -0.2) is 5.78 Å². The lowest BCUT2D eigenvalue weighted by Crippen LogP contribution is -2.01. The molecule has 0 aliphatic heterocycles. The number of allylic oxidation sites excluding steroid dienone is 2. The summed E-state index contributed by atoms with van der Waals surface area (Å²) in [5, 5.41) is 0. The average molecular weight is 188 g/mol. The molecule has 0 saturated heterocycles. The molecule has 0 aromatic heterocycles. The molecule has 0 fully saturated rings. The van der Waals surface area contributed by atoms with Crippen molar-refractivity contribution < 1.29 is 4.79 Å². The van der Waals surface area contributed by atoms with Crippen LogP contribution < -0.4 is 0 Å². The van der Waals surface area contributed by atoms with Crippen molar-refractivity contribution in [3.63, 3.8) is 0 Å². The minimum atomic E-state index is 0.233. The Balaban J connectivity index is 2.83. The first-order valence-corrected chi connectivity index (χ1v) is 4.91. The van der Waals surface area contributed by atoms with E-state index in [0.717, 1.165) is 0 Å². The second kappa shape index (κ2) is 5.38. The van der Waals surface area contributed by atoms with Crippen LogP contribution in [0.15, 0.2) is 42.5 Å². The maximum Gasteiger partial charge on any atom is 0.130 e. The average Bonchev–Trinajstić information content (AvgIpc) is 2.18. The van der Waals surface area contributed by atoms with Gasteiger partial charge >= 0.3 is 0 Å². The van der Waals surface area contributed by atoms with Crippen molar-refractivity contribution >= 4 is 5.78 Å². The number of carbonyl (C=O) groups is 1. The van der Waals surface area contributed by atoms with E-state index in [0.29, 0.717) is 6.42 Å². The maximum atomic E-state index is 11.1. The zero-order chi connectivity index (χ0) is 10.4. The minimum Gasteiger partial charge on any atom is -0.300 e. The monoisotopic (exact) mass is 188 g/mol. The molecule has 14 heavy (non-hydrogen) atoms. The highest BCUT2D eigenvalue weighted by molar-refractivity contribution is 5.76. The highest BCUT2D eigenvalue weighted by Gasteiger charge is 2.09. The van der Waals surface area contributed by atoms with Crippen LogP contribution in [0.2, 0.25) is 0 Å². The number of carbonyl (C=O) groups excluding carboxylic acids is 1. The SMILES string of the molecule is CC=CC(CC(C)=O)c1ccccc1. The zero-order valence-electron chi connectivity index (χ0n) is 8.73. The third-order valence-electron chi connectivity index (χ3n) is 2.16. The lowest BCUT2D eigenvalue weighted by atomic mass is 9.94. The van der Waals surface area contributed by atoms with Gasteiger partial charge in [-0.1, -0.05) is 42.5 Å². The fraction of sp³-hybridized carbons (Fsp3) is 0.308. The number of Topliss-reactive ketones (excluding diaryl/α,β-unsaturated/α-hetero) is 1. The summed E-state index contributed by atoms with van der Waals surface area (Å²) in [5.74, 6) is 0.468. The van der Waals surface area contributed by atoms with Gasteiger partial charge in [0.25, 0.3) is 0 Å². The van der Waals surface area contributed by atoms with Crippen LogP contribution in [0.4, 0.5) is 0 Å². The Labute approximate surface area is 85.5 Å². The normalized spacial score (nSPS) is 13.0. The molecule has 0 heterocycles. The number of rotatable bonds is 4. The molecule has 1 aromatic carbocycles. The Hall–Kier alpha value is -1.37. The van der Waals surface area contributed by atoms with E-state index in [9.17, 15) is 4.79 Å². The fourth-order valence-corrected chi connectivity index (χ4v) is 1.54. The smallest absolute Gasteiger partial charge is 0.130 e. The Kier molecular flexibility index (Phi) is 4.11. The van der Waals surface area contributed by atoms with Gasteiger partial charge in [-0.3, -0.25) is 4.79 Å². The standard InChI is InChI=1S/C13H16O/c1-3-7-13(10-11(2)14)12-8-5-4-6-9-12/h3-9,13H,10H2,1-2H3. The van der Waals surface area contributed by atoms with Gasteiger partial charge in [-0.05, 0) is 19.4 Å². The third-order valence-corrected chi connectivity index (χ3v) is 2.16. The van der Waals surface area contributed by atoms with Gasteiger partial charge in [-0.25, -0.2) is 0 Å². The zero-order valence-corrected chi connectivity index (χ0v) is 8.73. The number of hydrogen-bond acceptors (Lipinski definition) is 1. The molecule has 1 heteroatoms. The highest BCUT2D eigenvalue weighted by Crippen LogP contribution is 2.21. The fourth-order valence-electron chi connectivity index (χ4n) is 1.54. The second-order valence-electron chi connectivity index (χ2n) is 3.45. The van der Waals surface area contributed by atoms with Crippen LogP contribution in [0.3, 0.4) is 0 Å². The lowest BCUT2D eigenvalue weighted by Gasteiger charge is -2.10. The van der Waals surface area contributed by atoms with Crippen LogP contribution >= 0.6 is 0 Å². The Bertz CT molecular complexity index is 311. The van der Waals surface area contributed by atoms with E-state index in [1.54, 1.807) is 6.92 Å². The largest absolute Gasteiger partial charge is 0.300 e. The van der Waals surface area contributed by atoms with Crippen molar-refractivity contribution in [2.75, 3.05) is 0 Å². The summed E-state index contributed by atoms with van der Waals surface area (Å²) in [6, 6.07) is 10.1. The molecule has 1 unspecified atom stereocenters. The van der Waals surface area contributed by atoms with Crippen molar-refractivity contribution in [1.29, 1.82) is 0 Å². The van der Waals surface area contributed by atoms with E-state index in [2.05, 4.69) is 18.2 Å². The minimum absolute atomic E-state index is 0.233. The summed E-state index contributed by atoms with van der Waals surface area (Å²) in [4.78, 5) is 11.1. The van der Waals surface area contributed by atoms with E-state index < -0.39 is 0 Å². The van der Waals surface area contributed by atoms with Gasteiger partial charge in [-0.15, -0.1) is 0 Å². The van der Waals surface area contributed by atoms with Gasteiger partial charge in [-0.2, -0.15) is 0 Å². The first kappa shape index (κ1) is 10.7. The summed E-state index contributed by atoms with van der Waals surface area (Å²) in [5.41, 5.74) is 1.21. The molecule has 0 saturated carbocycles. The predicted molar refractivity (Wildman–Crippen MR) is 59.3 cm³/mol. The van der Waals surface area contributed by atoms with Crippen molar-refractivity contribution in [2.45, 2.75) is 26.2 Å². The first-order valence-electron chi connectivity index (χ1n) is 4.91. The highest BCUT2D eigenvalue weighted by atomic mass is 16.1. The number of hydrogen-bond donors (Lipinski definition) is 0. The van der Waals surface area contributed by atoms with Gasteiger partial charge in [0.05, 0.1) is 0 Å². The predicted octanol–water partition coefficient (Wildman–Crippen LogP) is 3.33. The molecule has 74 valence electrons. The van der Waals surface area contributed by atoms with Crippen LogP contribution in [0.25, 0.3) is 0 Å². The summed E-state index contributed by atoms with van der Waals surface area (Å²) in [7, 11) is 0. The molecular weight excluding hydrogens is 172 g/mol.